The first kappa shape index (κ1) is 6.65. The van der Waals surface area contributed by atoms with E-state index in [2.05, 4.69) is 0 Å². The molecule has 0 amide bonds. The van der Waals surface area contributed by atoms with Crippen molar-refractivity contribution in [2.45, 2.75) is 25.7 Å². The molecule has 0 atom stereocenters. The van der Waals surface area contributed by atoms with Crippen LogP contribution in [0.2, 0.25) is 0 Å². The van der Waals surface area contributed by atoms with Crippen molar-refractivity contribution in [2.75, 3.05) is 0 Å². The molecular weight excluding hydrogens is 140 g/mol. The van der Waals surface area contributed by atoms with E-state index in [4.69, 9.17) is 4.42 Å². The zero-order chi connectivity index (χ0) is 7.68. The molecule has 1 aliphatic rings. The molecule has 0 radical (unpaired) electrons. The highest BCUT2D eigenvalue weighted by molar-refractivity contribution is 5.71. The highest BCUT2D eigenvalue weighted by Crippen LogP contribution is 2.23. The fourth-order valence-corrected chi connectivity index (χ4v) is 1.57. The molecule has 0 bridgehead atoms. The Morgan fingerprint density at radius 3 is 2.91 bits per heavy atom. The largest absolute Gasteiger partial charge is 0.458 e. The van der Waals surface area contributed by atoms with Gasteiger partial charge in [0.2, 0.25) is 0 Å². The molecule has 2 heteroatoms. The molecule has 2 rings (SSSR count). The fraction of sp³-hybridized carbons (Fsp3) is 0.444. The van der Waals surface area contributed by atoms with Crippen molar-refractivity contribution in [3.05, 3.63) is 23.2 Å². The maximum absolute atomic E-state index is 10.3. The molecule has 0 unspecified atom stereocenters. The summed E-state index contributed by atoms with van der Waals surface area (Å²) in [6.45, 7) is 0. The summed E-state index contributed by atoms with van der Waals surface area (Å²) in [5, 5.41) is 0. The van der Waals surface area contributed by atoms with E-state index in [0.717, 1.165) is 24.9 Å². The average molecular weight is 150 g/mol. The van der Waals surface area contributed by atoms with Crippen LogP contribution in [0.4, 0.5) is 0 Å². The summed E-state index contributed by atoms with van der Waals surface area (Å²) in [5.41, 5.74) is 1.23. The summed E-state index contributed by atoms with van der Waals surface area (Å²) < 4.78 is 5.29. The maximum atomic E-state index is 10.3. The molecular formula is C9H10O2. The van der Waals surface area contributed by atoms with Gasteiger partial charge < -0.3 is 4.42 Å². The molecule has 0 spiro atoms. The van der Waals surface area contributed by atoms with Crippen LogP contribution in [0.3, 0.4) is 0 Å². The number of furan rings is 1. The van der Waals surface area contributed by atoms with Crippen molar-refractivity contribution >= 4 is 6.29 Å². The molecule has 1 aromatic rings. The normalized spacial score (nSPS) is 16.0. The van der Waals surface area contributed by atoms with Gasteiger partial charge in [0.25, 0.3) is 0 Å². The number of aryl methyl sites for hydroxylation is 2. The zero-order valence-corrected chi connectivity index (χ0v) is 6.30. The Hall–Kier alpha value is -1.05. The number of hydrogen-bond donors (Lipinski definition) is 0. The quantitative estimate of drug-likeness (QED) is 0.573. The van der Waals surface area contributed by atoms with Crippen LogP contribution in [0.5, 0.6) is 0 Å². The second-order valence-electron chi connectivity index (χ2n) is 2.92. The van der Waals surface area contributed by atoms with Crippen molar-refractivity contribution in [3.8, 4) is 0 Å². The lowest BCUT2D eigenvalue weighted by Gasteiger charge is -2.07. The van der Waals surface area contributed by atoms with Crippen LogP contribution in [0.15, 0.2) is 10.5 Å². The highest BCUT2D eigenvalue weighted by Gasteiger charge is 2.13. The SMILES string of the molecule is O=Cc1cc2c(o1)CCCC2. The van der Waals surface area contributed by atoms with E-state index < -0.39 is 0 Å². The standard InChI is InChI=1S/C9H10O2/c10-6-8-5-7-3-1-2-4-9(7)11-8/h5-6H,1-4H2. The van der Waals surface area contributed by atoms with Crippen molar-refractivity contribution in [1.82, 2.24) is 0 Å². The Morgan fingerprint density at radius 1 is 1.36 bits per heavy atom. The topological polar surface area (TPSA) is 30.2 Å². The Labute approximate surface area is 65.2 Å². The second-order valence-corrected chi connectivity index (χ2v) is 2.92. The minimum atomic E-state index is 0.483. The first-order valence-corrected chi connectivity index (χ1v) is 3.97. The van der Waals surface area contributed by atoms with Crippen LogP contribution in [0.1, 0.15) is 34.7 Å². The van der Waals surface area contributed by atoms with Gasteiger partial charge in [-0.1, -0.05) is 0 Å². The van der Waals surface area contributed by atoms with Crippen LogP contribution >= 0.6 is 0 Å². The summed E-state index contributed by atoms with van der Waals surface area (Å²) in [7, 11) is 0. The van der Waals surface area contributed by atoms with Crippen molar-refractivity contribution in [1.29, 1.82) is 0 Å². The number of carbonyl (C=O) groups excluding carboxylic acids is 1. The summed E-state index contributed by atoms with van der Waals surface area (Å²) >= 11 is 0. The number of rotatable bonds is 1. The first-order valence-electron chi connectivity index (χ1n) is 3.97. The molecule has 2 nitrogen and oxygen atoms in total. The van der Waals surface area contributed by atoms with Gasteiger partial charge in [-0.05, 0) is 30.9 Å². The lowest BCUT2D eigenvalue weighted by molar-refractivity contribution is 0.109. The smallest absolute Gasteiger partial charge is 0.185 e. The van der Waals surface area contributed by atoms with Gasteiger partial charge in [0.15, 0.2) is 12.0 Å². The summed E-state index contributed by atoms with van der Waals surface area (Å²) in [5.74, 6) is 1.51. The lowest BCUT2D eigenvalue weighted by atomic mass is 9.99. The van der Waals surface area contributed by atoms with E-state index in [0.29, 0.717) is 5.76 Å². The molecule has 1 aliphatic carbocycles. The molecule has 1 heterocycles. The predicted molar refractivity (Wildman–Crippen MR) is 40.7 cm³/mol. The second kappa shape index (κ2) is 2.53. The van der Waals surface area contributed by atoms with Crippen molar-refractivity contribution in [3.63, 3.8) is 0 Å². The van der Waals surface area contributed by atoms with E-state index in [9.17, 15) is 4.79 Å². The van der Waals surface area contributed by atoms with Gasteiger partial charge in [-0.3, -0.25) is 4.79 Å². The summed E-state index contributed by atoms with van der Waals surface area (Å²) in [4.78, 5) is 10.3. The van der Waals surface area contributed by atoms with Crippen LogP contribution in [-0.4, -0.2) is 6.29 Å². The van der Waals surface area contributed by atoms with E-state index in [1.165, 1.54) is 18.4 Å². The highest BCUT2D eigenvalue weighted by atomic mass is 16.3. The summed E-state index contributed by atoms with van der Waals surface area (Å²) in [6, 6.07) is 1.86. The lowest BCUT2D eigenvalue weighted by Crippen LogP contribution is -1.97. The minimum absolute atomic E-state index is 0.483. The third-order valence-corrected chi connectivity index (χ3v) is 2.13. The molecule has 1 aromatic heterocycles. The van der Waals surface area contributed by atoms with Crippen LogP contribution in [-0.2, 0) is 12.8 Å². The van der Waals surface area contributed by atoms with E-state index in [1.807, 2.05) is 6.07 Å². The average Bonchev–Trinajstić information content (AvgIpc) is 2.46. The molecule has 0 saturated carbocycles. The van der Waals surface area contributed by atoms with Gasteiger partial charge in [-0.15, -0.1) is 0 Å². The van der Waals surface area contributed by atoms with Crippen molar-refractivity contribution in [2.24, 2.45) is 0 Å². The molecule has 0 fully saturated rings. The van der Waals surface area contributed by atoms with Crippen LogP contribution < -0.4 is 0 Å². The van der Waals surface area contributed by atoms with E-state index in [-0.39, 0.29) is 0 Å². The van der Waals surface area contributed by atoms with Crippen LogP contribution in [0, 0.1) is 0 Å². The Morgan fingerprint density at radius 2 is 2.18 bits per heavy atom. The Bertz CT molecular complexity index is 250. The minimum Gasteiger partial charge on any atom is -0.458 e. The van der Waals surface area contributed by atoms with Gasteiger partial charge in [-0.2, -0.15) is 0 Å². The van der Waals surface area contributed by atoms with Crippen molar-refractivity contribution < 1.29 is 9.21 Å². The molecule has 0 saturated heterocycles. The summed E-state index contributed by atoms with van der Waals surface area (Å²) in [6.07, 6.45) is 5.28. The number of hydrogen-bond acceptors (Lipinski definition) is 2. The molecule has 11 heavy (non-hydrogen) atoms. The predicted octanol–water partition coefficient (Wildman–Crippen LogP) is 1.97. The number of carbonyl (C=O) groups is 1. The van der Waals surface area contributed by atoms with E-state index in [1.54, 1.807) is 0 Å². The zero-order valence-electron chi connectivity index (χ0n) is 6.30. The Balaban J connectivity index is 2.39. The first-order chi connectivity index (χ1) is 5.40. The Kier molecular flexibility index (Phi) is 1.53. The van der Waals surface area contributed by atoms with Gasteiger partial charge in [0, 0.05) is 6.42 Å². The van der Waals surface area contributed by atoms with Gasteiger partial charge in [0.05, 0.1) is 0 Å². The third-order valence-electron chi connectivity index (χ3n) is 2.13. The molecule has 0 aliphatic heterocycles. The van der Waals surface area contributed by atoms with Crippen LogP contribution in [0.25, 0.3) is 0 Å². The molecule has 0 aromatic carbocycles. The monoisotopic (exact) mass is 150 g/mol. The van der Waals surface area contributed by atoms with Gasteiger partial charge in [0.1, 0.15) is 5.76 Å². The molecule has 58 valence electrons. The van der Waals surface area contributed by atoms with Gasteiger partial charge >= 0.3 is 0 Å². The number of fused-ring (bicyclic) bond motifs is 1. The maximum Gasteiger partial charge on any atom is 0.185 e. The van der Waals surface area contributed by atoms with E-state index >= 15 is 0 Å². The van der Waals surface area contributed by atoms with Gasteiger partial charge in [-0.25, -0.2) is 0 Å². The third kappa shape index (κ3) is 1.09. The fourth-order valence-electron chi connectivity index (χ4n) is 1.57. The molecule has 0 N–H and O–H groups in total. The number of aldehydes is 1.